The van der Waals surface area contributed by atoms with Crippen LogP contribution in [0.4, 0.5) is 0 Å². The summed E-state index contributed by atoms with van der Waals surface area (Å²) in [6.45, 7) is 12.0. The standard InChI is InChI=1S/C67H71N3O/c1-41(2)48-37-55(42(3)4)63(71)58(38-48)64-69-62-54(49-34-50(36-53(35-49)67(12,13)14)59-39-47(31-32-68-59)44-23-27-51(28-24-44)65(6,7)8)21-18-22-60(62)70(64)61-33-43(5)56(40-57(61)45-19-16-15-17-20-45)46-25-29-52(30-26-46)66(9,10)11/h15-42,71H,1-14H3/i6D3,7D3,8D3,23D,24D,27D,28D. The first-order valence-electron chi connectivity index (χ1n) is 30.9. The van der Waals surface area contributed by atoms with Crippen LogP contribution in [0.25, 0.3) is 83.9 Å². The fourth-order valence-corrected chi connectivity index (χ4v) is 9.32. The summed E-state index contributed by atoms with van der Waals surface area (Å²) in [6.07, 6.45) is 1.45. The number of nitrogens with zero attached hydrogens (tertiary/aromatic N) is 3. The second-order valence-corrected chi connectivity index (χ2v) is 21.6. The Morgan fingerprint density at radius 3 is 1.86 bits per heavy atom. The molecule has 0 aliphatic carbocycles. The Morgan fingerprint density at radius 2 is 1.21 bits per heavy atom. The number of aryl methyl sites for hydroxylation is 1. The number of imidazole rings is 1. The number of fused-ring (bicyclic) bond motifs is 1. The lowest BCUT2D eigenvalue weighted by molar-refractivity contribution is 0.466. The summed E-state index contributed by atoms with van der Waals surface area (Å²) in [4.78, 5) is 10.4. The highest BCUT2D eigenvalue weighted by molar-refractivity contribution is 5.98. The summed E-state index contributed by atoms with van der Waals surface area (Å²) in [5, 5.41) is 12.5. The van der Waals surface area contributed by atoms with Gasteiger partial charge < -0.3 is 5.11 Å². The molecule has 7 aromatic carbocycles. The largest absolute Gasteiger partial charge is 0.507 e. The number of para-hydroxylation sites is 1. The predicted octanol–water partition coefficient (Wildman–Crippen LogP) is 18.6. The van der Waals surface area contributed by atoms with Crippen LogP contribution >= 0.6 is 0 Å². The van der Waals surface area contributed by atoms with Crippen molar-refractivity contribution in [3.05, 3.63) is 191 Å². The van der Waals surface area contributed by atoms with E-state index in [-0.39, 0.29) is 34.1 Å². The van der Waals surface area contributed by atoms with Crippen molar-refractivity contribution >= 4 is 11.0 Å². The maximum atomic E-state index is 12.5. The van der Waals surface area contributed by atoms with Gasteiger partial charge in [0, 0.05) is 35.2 Å². The van der Waals surface area contributed by atoms with E-state index >= 15 is 0 Å². The highest BCUT2D eigenvalue weighted by Crippen LogP contribution is 2.46. The summed E-state index contributed by atoms with van der Waals surface area (Å²) < 4.78 is 113. The predicted molar refractivity (Wildman–Crippen MR) is 302 cm³/mol. The number of hydrogen-bond acceptors (Lipinski definition) is 3. The molecule has 2 aromatic heterocycles. The van der Waals surface area contributed by atoms with Gasteiger partial charge in [-0.15, -0.1) is 0 Å². The van der Waals surface area contributed by atoms with Gasteiger partial charge >= 0.3 is 0 Å². The van der Waals surface area contributed by atoms with Crippen LogP contribution in [0.1, 0.15) is 153 Å². The molecule has 0 aliphatic rings. The molecule has 0 unspecified atom stereocenters. The van der Waals surface area contributed by atoms with Crippen LogP contribution in [0.15, 0.2) is 158 Å². The van der Waals surface area contributed by atoms with Gasteiger partial charge in [0.2, 0.25) is 0 Å². The molecule has 9 rings (SSSR count). The maximum absolute atomic E-state index is 12.5. The molecule has 1 N–H and O–H groups in total. The third kappa shape index (κ3) is 9.74. The number of phenols is 1. The minimum Gasteiger partial charge on any atom is -0.507 e. The minimum atomic E-state index is -3.81. The van der Waals surface area contributed by atoms with Crippen LogP contribution in [0.5, 0.6) is 5.75 Å². The summed E-state index contributed by atoms with van der Waals surface area (Å²) in [5.41, 5.74) is 8.93. The number of hydrogen-bond donors (Lipinski definition) is 1. The quantitative estimate of drug-likeness (QED) is 0.157. The molecule has 71 heavy (non-hydrogen) atoms. The molecule has 0 amide bonds. The van der Waals surface area contributed by atoms with Gasteiger partial charge in [0.05, 0.1) is 33.5 Å². The topological polar surface area (TPSA) is 50.9 Å². The molecule has 0 bridgehead atoms. The molecule has 0 aliphatic heterocycles. The number of aromatic hydroxyl groups is 1. The van der Waals surface area contributed by atoms with Crippen molar-refractivity contribution in [2.24, 2.45) is 0 Å². The van der Waals surface area contributed by atoms with E-state index in [2.05, 4.69) is 147 Å². The number of aromatic nitrogens is 3. The average Bonchev–Trinajstić information content (AvgIpc) is 0.803. The van der Waals surface area contributed by atoms with Crippen molar-refractivity contribution in [2.45, 2.75) is 125 Å². The molecule has 0 radical (unpaired) electrons. The van der Waals surface area contributed by atoms with Gasteiger partial charge in [0.1, 0.15) is 11.6 Å². The molecule has 0 fully saturated rings. The number of phenolic OH excluding ortho intramolecular Hbond substituents is 1. The maximum Gasteiger partial charge on any atom is 0.149 e. The third-order valence-corrected chi connectivity index (χ3v) is 13.6. The van der Waals surface area contributed by atoms with Gasteiger partial charge in [-0.2, -0.15) is 0 Å². The highest BCUT2D eigenvalue weighted by atomic mass is 16.3. The van der Waals surface area contributed by atoms with Crippen LogP contribution in [-0.2, 0) is 16.2 Å². The monoisotopic (exact) mass is 947 g/mol. The Hall–Kier alpha value is -7.04. The van der Waals surface area contributed by atoms with E-state index in [0.717, 1.165) is 66.8 Å². The van der Waals surface area contributed by atoms with Gasteiger partial charge in [-0.1, -0.05) is 193 Å². The lowest BCUT2D eigenvalue weighted by Crippen LogP contribution is -2.11. The van der Waals surface area contributed by atoms with E-state index < -0.39 is 61.1 Å². The second-order valence-electron chi connectivity index (χ2n) is 21.6. The zero-order valence-corrected chi connectivity index (χ0v) is 42.6. The Morgan fingerprint density at radius 1 is 0.535 bits per heavy atom. The molecule has 0 spiro atoms. The van der Waals surface area contributed by atoms with Gasteiger partial charge in [-0.05, 0) is 150 Å². The van der Waals surface area contributed by atoms with E-state index in [1.165, 1.54) is 17.8 Å². The lowest BCUT2D eigenvalue weighted by Gasteiger charge is -2.22. The molecule has 4 nitrogen and oxygen atoms in total. The van der Waals surface area contributed by atoms with Gasteiger partial charge in [-0.25, -0.2) is 4.98 Å². The molecular formula is C67H71N3O. The molecule has 360 valence electrons. The van der Waals surface area contributed by atoms with Crippen LogP contribution < -0.4 is 0 Å². The van der Waals surface area contributed by atoms with Crippen LogP contribution in [0, 0.1) is 6.92 Å². The molecule has 0 saturated heterocycles. The average molecular weight is 947 g/mol. The Kier molecular flexibility index (Phi) is 9.21. The molecule has 2 heterocycles. The SMILES string of the molecule is [2H]c1c([2H])c(C(C([2H])([2H])[2H])(C([2H])([2H])[2H])C([2H])([2H])[2H])c([2H])c([2H])c1-c1ccnc(-c2cc(-c3cccc4c3nc(-c3cc(C(C)C)cc(C(C)C)c3O)n4-c3cc(C)c(-c4ccc(C(C)(C)C)cc4)cc3-c3ccccc3)cc(C(C)(C)C)c2)c1. The molecule has 4 heteroatoms. The van der Waals surface area contributed by atoms with Gasteiger partial charge in [0.15, 0.2) is 0 Å². The normalized spacial score (nSPS) is 15.6. The van der Waals surface area contributed by atoms with Crippen molar-refractivity contribution in [3.63, 3.8) is 0 Å². The third-order valence-electron chi connectivity index (χ3n) is 13.6. The summed E-state index contributed by atoms with van der Waals surface area (Å²) in [6, 6.07) is 39.1. The highest BCUT2D eigenvalue weighted by Gasteiger charge is 2.27. The molecular weight excluding hydrogens is 863 g/mol. The first-order chi connectivity index (χ1) is 39.0. The summed E-state index contributed by atoms with van der Waals surface area (Å²) in [7, 11) is 0. The van der Waals surface area contributed by atoms with Gasteiger partial charge in [-0.3, -0.25) is 9.55 Å². The van der Waals surface area contributed by atoms with Gasteiger partial charge in [0.25, 0.3) is 0 Å². The van der Waals surface area contributed by atoms with Crippen molar-refractivity contribution < 1.29 is 22.9 Å². The lowest BCUT2D eigenvalue weighted by atomic mass is 9.83. The van der Waals surface area contributed by atoms with E-state index in [1.807, 2.05) is 48.5 Å². The number of pyridine rings is 1. The first kappa shape index (κ1) is 35.1. The fourth-order valence-electron chi connectivity index (χ4n) is 9.32. The first-order valence-corrected chi connectivity index (χ1v) is 24.4. The van der Waals surface area contributed by atoms with E-state index in [4.69, 9.17) is 25.0 Å². The number of rotatable bonds is 9. The van der Waals surface area contributed by atoms with E-state index in [9.17, 15) is 7.85 Å². The van der Waals surface area contributed by atoms with E-state index in [0.29, 0.717) is 28.2 Å². The number of benzene rings is 7. The molecule has 0 saturated carbocycles. The Bertz CT molecular complexity index is 3940. The second kappa shape index (κ2) is 18.6. The van der Waals surface area contributed by atoms with Crippen LogP contribution in [0.3, 0.4) is 0 Å². The summed E-state index contributed by atoms with van der Waals surface area (Å²) in [5.74, 6) is 0.795. The molecule has 9 aromatic rings. The zero-order chi connectivity index (χ0) is 61.7. The van der Waals surface area contributed by atoms with E-state index in [1.54, 1.807) is 6.07 Å². The van der Waals surface area contributed by atoms with Crippen molar-refractivity contribution in [1.29, 1.82) is 0 Å². The molecule has 0 atom stereocenters. The minimum absolute atomic E-state index is 0.0147. The van der Waals surface area contributed by atoms with Crippen molar-refractivity contribution in [3.8, 4) is 78.6 Å². The Labute approximate surface area is 441 Å². The fraction of sp³-hybridized carbons (Fsp3) is 0.284. The smallest absolute Gasteiger partial charge is 0.149 e. The van der Waals surface area contributed by atoms with Crippen molar-refractivity contribution in [2.75, 3.05) is 0 Å². The van der Waals surface area contributed by atoms with Crippen LogP contribution in [0.2, 0.25) is 0 Å². The summed E-state index contributed by atoms with van der Waals surface area (Å²) >= 11 is 0. The van der Waals surface area contributed by atoms with Crippen molar-refractivity contribution in [1.82, 2.24) is 14.5 Å². The van der Waals surface area contributed by atoms with Crippen LogP contribution in [-0.4, -0.2) is 19.6 Å². The Balaban J connectivity index is 1.31. The zero-order valence-electron chi connectivity index (χ0n) is 55.6.